The highest BCUT2D eigenvalue weighted by molar-refractivity contribution is 5.85. The third-order valence-electron chi connectivity index (χ3n) is 3.76. The van der Waals surface area contributed by atoms with Crippen molar-refractivity contribution in [3.8, 4) is 11.8 Å². The zero-order valence-electron chi connectivity index (χ0n) is 12.5. The van der Waals surface area contributed by atoms with Crippen LogP contribution < -0.4 is 20.1 Å². The van der Waals surface area contributed by atoms with Crippen LogP contribution in [-0.2, 0) is 0 Å². The summed E-state index contributed by atoms with van der Waals surface area (Å²) in [7, 11) is 0. The zero-order valence-corrected chi connectivity index (χ0v) is 14.1. The van der Waals surface area contributed by atoms with E-state index in [1.54, 1.807) is 0 Å². The summed E-state index contributed by atoms with van der Waals surface area (Å²) in [5.41, 5.74) is 0. The van der Waals surface area contributed by atoms with E-state index in [1.165, 1.54) is 6.33 Å². The normalized spacial score (nSPS) is 19.6. The van der Waals surface area contributed by atoms with Gasteiger partial charge in [0, 0.05) is 0 Å². The molecule has 1 aromatic heterocycles. The summed E-state index contributed by atoms with van der Waals surface area (Å²) in [5.74, 6) is 1.24. The van der Waals surface area contributed by atoms with Crippen molar-refractivity contribution in [3.63, 3.8) is 0 Å². The number of halogens is 2. The van der Waals surface area contributed by atoms with E-state index in [-0.39, 0.29) is 37.0 Å². The first-order chi connectivity index (χ1) is 9.90. The lowest BCUT2D eigenvalue weighted by Crippen LogP contribution is -2.34. The predicted molar refractivity (Wildman–Crippen MR) is 89.6 cm³/mol. The van der Waals surface area contributed by atoms with Crippen molar-refractivity contribution >= 4 is 24.8 Å². The minimum atomic E-state index is 0. The van der Waals surface area contributed by atoms with Crippen LogP contribution >= 0.6 is 24.8 Å². The van der Waals surface area contributed by atoms with Crippen LogP contribution in [0.2, 0.25) is 0 Å². The first-order valence-electron chi connectivity index (χ1n) is 7.47. The SMILES string of the molecule is Cl.Cl.c1nc(OC2CCNCC2)cc(OC2CCNCC2)n1. The molecule has 2 aliphatic rings. The molecule has 0 aliphatic carbocycles. The average molecular weight is 351 g/mol. The van der Waals surface area contributed by atoms with E-state index in [0.717, 1.165) is 51.9 Å². The largest absolute Gasteiger partial charge is 0.474 e. The van der Waals surface area contributed by atoms with E-state index in [1.807, 2.05) is 6.07 Å². The summed E-state index contributed by atoms with van der Waals surface area (Å²) in [6.45, 7) is 4.03. The minimum absolute atomic E-state index is 0. The number of hydrogen-bond donors (Lipinski definition) is 2. The molecule has 0 amide bonds. The predicted octanol–water partition coefficient (Wildman–Crippen LogP) is 1.58. The number of nitrogens with one attached hydrogen (secondary N) is 2. The molecule has 0 atom stereocenters. The van der Waals surface area contributed by atoms with Gasteiger partial charge in [-0.3, -0.25) is 0 Å². The molecule has 0 unspecified atom stereocenters. The van der Waals surface area contributed by atoms with Gasteiger partial charge in [0.15, 0.2) is 0 Å². The van der Waals surface area contributed by atoms with Crippen LogP contribution in [0, 0.1) is 0 Å². The summed E-state index contributed by atoms with van der Waals surface area (Å²) in [6.07, 6.45) is 6.11. The second-order valence-corrected chi connectivity index (χ2v) is 5.33. The highest BCUT2D eigenvalue weighted by Gasteiger charge is 2.17. The van der Waals surface area contributed by atoms with Gasteiger partial charge in [-0.05, 0) is 51.9 Å². The van der Waals surface area contributed by atoms with Crippen LogP contribution in [0.3, 0.4) is 0 Å². The van der Waals surface area contributed by atoms with Crippen LogP contribution in [0.5, 0.6) is 11.8 Å². The van der Waals surface area contributed by atoms with Gasteiger partial charge < -0.3 is 20.1 Å². The quantitative estimate of drug-likeness (QED) is 0.859. The number of rotatable bonds is 4. The smallest absolute Gasteiger partial charge is 0.220 e. The molecule has 2 fully saturated rings. The van der Waals surface area contributed by atoms with Gasteiger partial charge in [-0.2, -0.15) is 0 Å². The van der Waals surface area contributed by atoms with Crippen molar-refractivity contribution in [3.05, 3.63) is 12.4 Å². The highest BCUT2D eigenvalue weighted by atomic mass is 35.5. The number of nitrogens with zero attached hydrogens (tertiary/aromatic N) is 2. The first-order valence-corrected chi connectivity index (χ1v) is 7.47. The molecule has 22 heavy (non-hydrogen) atoms. The van der Waals surface area contributed by atoms with Gasteiger partial charge in [0.25, 0.3) is 0 Å². The molecule has 0 radical (unpaired) electrons. The lowest BCUT2D eigenvalue weighted by molar-refractivity contribution is 0.144. The fourth-order valence-corrected chi connectivity index (χ4v) is 2.62. The second-order valence-electron chi connectivity index (χ2n) is 5.33. The lowest BCUT2D eigenvalue weighted by Gasteiger charge is -2.24. The second kappa shape index (κ2) is 10.0. The Labute approximate surface area is 143 Å². The van der Waals surface area contributed by atoms with Gasteiger partial charge in [-0.25, -0.2) is 9.97 Å². The number of hydrogen-bond acceptors (Lipinski definition) is 6. The fourth-order valence-electron chi connectivity index (χ4n) is 2.62. The maximum absolute atomic E-state index is 5.90. The maximum atomic E-state index is 5.90. The van der Waals surface area contributed by atoms with E-state index in [9.17, 15) is 0 Å². The van der Waals surface area contributed by atoms with E-state index in [2.05, 4.69) is 20.6 Å². The summed E-state index contributed by atoms with van der Waals surface area (Å²) in [6, 6.07) is 1.81. The van der Waals surface area contributed by atoms with Crippen molar-refractivity contribution in [2.75, 3.05) is 26.2 Å². The molecule has 2 saturated heterocycles. The molecule has 2 N–H and O–H groups in total. The molecule has 126 valence electrons. The summed E-state index contributed by atoms with van der Waals surface area (Å²) >= 11 is 0. The van der Waals surface area contributed by atoms with E-state index in [4.69, 9.17) is 9.47 Å². The van der Waals surface area contributed by atoms with Crippen LogP contribution in [0.25, 0.3) is 0 Å². The van der Waals surface area contributed by atoms with Gasteiger partial charge in [-0.15, -0.1) is 24.8 Å². The molecule has 1 aromatic rings. The van der Waals surface area contributed by atoms with Gasteiger partial charge in [-0.1, -0.05) is 0 Å². The fraction of sp³-hybridized carbons (Fsp3) is 0.714. The molecule has 0 bridgehead atoms. The van der Waals surface area contributed by atoms with Crippen LogP contribution in [-0.4, -0.2) is 48.4 Å². The Morgan fingerprint density at radius 1 is 0.773 bits per heavy atom. The van der Waals surface area contributed by atoms with Gasteiger partial charge >= 0.3 is 0 Å². The molecule has 8 heteroatoms. The number of piperidine rings is 2. The average Bonchev–Trinajstić information content (AvgIpc) is 2.50. The Morgan fingerprint density at radius 2 is 1.18 bits per heavy atom. The van der Waals surface area contributed by atoms with Crippen molar-refractivity contribution in [2.24, 2.45) is 0 Å². The summed E-state index contributed by atoms with van der Waals surface area (Å²) in [5, 5.41) is 6.65. The monoisotopic (exact) mass is 350 g/mol. The zero-order chi connectivity index (χ0) is 13.6. The van der Waals surface area contributed by atoms with Crippen molar-refractivity contribution in [1.29, 1.82) is 0 Å². The Balaban J connectivity index is 0.00000121. The highest BCUT2D eigenvalue weighted by Crippen LogP contribution is 2.20. The molecule has 0 aromatic carbocycles. The van der Waals surface area contributed by atoms with Crippen molar-refractivity contribution in [2.45, 2.75) is 37.9 Å². The van der Waals surface area contributed by atoms with Gasteiger partial charge in [0.2, 0.25) is 11.8 Å². The van der Waals surface area contributed by atoms with E-state index >= 15 is 0 Å². The van der Waals surface area contributed by atoms with E-state index in [0.29, 0.717) is 11.8 Å². The molecule has 2 aliphatic heterocycles. The molecular weight excluding hydrogens is 327 g/mol. The molecular formula is C14H24Cl2N4O2. The molecule has 3 rings (SSSR count). The Hall–Kier alpha value is -0.820. The number of aromatic nitrogens is 2. The van der Waals surface area contributed by atoms with Crippen molar-refractivity contribution in [1.82, 2.24) is 20.6 Å². The first kappa shape index (κ1) is 19.2. The molecule has 0 spiro atoms. The number of ether oxygens (including phenoxy) is 2. The van der Waals surface area contributed by atoms with Crippen LogP contribution in [0.4, 0.5) is 0 Å². The van der Waals surface area contributed by atoms with Crippen molar-refractivity contribution < 1.29 is 9.47 Å². The Kier molecular flexibility index (Phi) is 8.78. The third-order valence-corrected chi connectivity index (χ3v) is 3.76. The topological polar surface area (TPSA) is 68.3 Å². The van der Waals surface area contributed by atoms with Crippen LogP contribution in [0.1, 0.15) is 25.7 Å². The third kappa shape index (κ3) is 5.76. The Bertz CT molecular complexity index is 392. The van der Waals surface area contributed by atoms with Crippen LogP contribution in [0.15, 0.2) is 12.4 Å². The lowest BCUT2D eigenvalue weighted by atomic mass is 10.1. The molecule has 0 saturated carbocycles. The summed E-state index contributed by atoms with van der Waals surface area (Å²) in [4.78, 5) is 8.36. The standard InChI is InChI=1S/C14H22N4O2.2ClH/c1-5-15-6-2-11(1)19-13-9-14(18-10-17-13)20-12-3-7-16-8-4-12;;/h9-12,15-16H,1-8H2;2*1H. The maximum Gasteiger partial charge on any atom is 0.220 e. The Morgan fingerprint density at radius 3 is 1.59 bits per heavy atom. The molecule has 6 nitrogen and oxygen atoms in total. The van der Waals surface area contributed by atoms with E-state index < -0.39 is 0 Å². The minimum Gasteiger partial charge on any atom is -0.474 e. The van der Waals surface area contributed by atoms with Gasteiger partial charge in [0.05, 0.1) is 6.07 Å². The van der Waals surface area contributed by atoms with Gasteiger partial charge in [0.1, 0.15) is 18.5 Å². The molecule has 3 heterocycles. The summed E-state index contributed by atoms with van der Waals surface area (Å²) < 4.78 is 11.8.